The molecule has 1 fully saturated rings. The number of amides is 3. The normalized spacial score (nSPS) is 20.8. The van der Waals surface area contributed by atoms with Gasteiger partial charge in [0, 0.05) is 42.8 Å². The maximum absolute atomic E-state index is 13.6. The van der Waals surface area contributed by atoms with Crippen molar-refractivity contribution in [2.75, 3.05) is 48.2 Å². The summed E-state index contributed by atoms with van der Waals surface area (Å²) >= 11 is 6.43. The Kier molecular flexibility index (Phi) is 12.3. The molecule has 0 aliphatic carbocycles. The zero-order valence-electron chi connectivity index (χ0n) is 29.3. The van der Waals surface area contributed by atoms with Gasteiger partial charge in [0.1, 0.15) is 36.4 Å². The molecule has 2 aliphatic heterocycles. The van der Waals surface area contributed by atoms with Crippen LogP contribution in [0.2, 0.25) is 0 Å². The van der Waals surface area contributed by atoms with Crippen LogP contribution < -0.4 is 30.7 Å². The molecule has 0 saturated carbocycles. The molecule has 5 atom stereocenters. The number of alkyl halides is 1. The molecule has 0 aromatic heterocycles. The lowest BCUT2D eigenvalue weighted by Gasteiger charge is -2.35. The fraction of sp³-hybridized carbons (Fsp3) is 0.308. The van der Waals surface area contributed by atoms with Crippen LogP contribution >= 0.6 is 11.6 Å². The lowest BCUT2D eigenvalue weighted by molar-refractivity contribution is -0.241. The number of aliphatic hydroxyl groups excluding tert-OH is 3. The largest absolute Gasteiger partial charge is 0.497 e. The molecule has 1 saturated heterocycles. The van der Waals surface area contributed by atoms with Gasteiger partial charge >= 0.3 is 6.09 Å². The number of hydrogen-bond donors (Lipinski definition) is 6. The smallest absolute Gasteiger partial charge is 0.411 e. The fourth-order valence-corrected chi connectivity index (χ4v) is 6.62. The van der Waals surface area contributed by atoms with E-state index in [0.717, 1.165) is 21.9 Å². The van der Waals surface area contributed by atoms with Crippen molar-refractivity contribution in [2.45, 2.75) is 43.5 Å². The van der Waals surface area contributed by atoms with E-state index in [1.54, 1.807) is 30.2 Å². The van der Waals surface area contributed by atoms with Crippen LogP contribution in [-0.4, -0.2) is 90.5 Å². The Bertz CT molecular complexity index is 2030. The third-order valence-corrected chi connectivity index (χ3v) is 9.52. The van der Waals surface area contributed by atoms with E-state index in [-0.39, 0.29) is 55.3 Å². The van der Waals surface area contributed by atoms with E-state index in [9.17, 15) is 29.7 Å². The summed E-state index contributed by atoms with van der Waals surface area (Å²) in [6.07, 6.45) is -3.23. The summed E-state index contributed by atoms with van der Waals surface area (Å²) in [6.45, 7) is -0.0324. The summed E-state index contributed by atoms with van der Waals surface area (Å²) in [5, 5.41) is 37.3. The average Bonchev–Trinajstić information content (AvgIpc) is 3.56. The number of halogens is 1. The maximum Gasteiger partial charge on any atom is 0.411 e. The molecule has 0 radical (unpaired) electrons. The molecule has 0 bridgehead atoms. The molecule has 14 nitrogen and oxygen atoms in total. The van der Waals surface area contributed by atoms with Gasteiger partial charge in [0.2, 0.25) is 12.2 Å². The van der Waals surface area contributed by atoms with Gasteiger partial charge in [0.05, 0.1) is 30.8 Å². The van der Waals surface area contributed by atoms with Gasteiger partial charge < -0.3 is 50.2 Å². The van der Waals surface area contributed by atoms with Gasteiger partial charge in [-0.1, -0.05) is 42.5 Å². The topological polar surface area (TPSA) is 202 Å². The average molecular weight is 761 g/mol. The lowest BCUT2D eigenvalue weighted by Crippen LogP contribution is -2.54. The molecule has 1 unspecified atom stereocenters. The number of rotatable bonds is 12. The second-order valence-corrected chi connectivity index (χ2v) is 13.1. The number of hydrogen-bond acceptors (Lipinski definition) is 11. The van der Waals surface area contributed by atoms with Crippen LogP contribution in [0, 0.1) is 0 Å². The first kappa shape index (κ1) is 38.5. The Labute approximate surface area is 316 Å². The van der Waals surface area contributed by atoms with Crippen molar-refractivity contribution in [1.82, 2.24) is 0 Å². The van der Waals surface area contributed by atoms with Crippen LogP contribution in [0.5, 0.6) is 11.5 Å². The number of anilines is 3. The Morgan fingerprint density at radius 2 is 1.74 bits per heavy atom. The number of nitrogens with one attached hydrogen (secondary N) is 2. The van der Waals surface area contributed by atoms with Gasteiger partial charge in [-0.05, 0) is 58.5 Å². The van der Waals surface area contributed by atoms with E-state index in [1.165, 1.54) is 18.2 Å². The molecule has 7 N–H and O–H groups in total. The highest BCUT2D eigenvalue weighted by atomic mass is 35.5. The number of aliphatic hydroxyl groups is 3. The van der Waals surface area contributed by atoms with Crippen molar-refractivity contribution in [1.29, 1.82) is 0 Å². The molecular formula is C39H41ClN4O10. The number of ether oxygens (including phenoxy) is 4. The van der Waals surface area contributed by atoms with E-state index in [2.05, 4.69) is 10.6 Å². The number of benzene rings is 4. The minimum absolute atomic E-state index is 0.0123. The van der Waals surface area contributed by atoms with Gasteiger partial charge in [-0.3, -0.25) is 14.9 Å². The molecule has 0 spiro atoms. The van der Waals surface area contributed by atoms with Crippen LogP contribution in [0.1, 0.15) is 29.0 Å². The van der Waals surface area contributed by atoms with Crippen LogP contribution in [-0.2, 0) is 25.7 Å². The van der Waals surface area contributed by atoms with Gasteiger partial charge in [-0.25, -0.2) is 4.79 Å². The van der Waals surface area contributed by atoms with Crippen molar-refractivity contribution in [3.63, 3.8) is 0 Å². The Morgan fingerprint density at radius 3 is 2.46 bits per heavy atom. The number of methoxy groups -OCH3 is 1. The van der Waals surface area contributed by atoms with Gasteiger partial charge in [-0.15, -0.1) is 11.6 Å². The van der Waals surface area contributed by atoms with Crippen molar-refractivity contribution >= 4 is 63.4 Å². The van der Waals surface area contributed by atoms with Crippen LogP contribution in [0.25, 0.3) is 16.8 Å². The minimum atomic E-state index is -1.56. The predicted molar refractivity (Wildman–Crippen MR) is 203 cm³/mol. The molecule has 284 valence electrons. The van der Waals surface area contributed by atoms with E-state index < -0.39 is 36.6 Å². The Balaban J connectivity index is 1.20. The van der Waals surface area contributed by atoms with Crippen molar-refractivity contribution < 1.29 is 48.7 Å². The second-order valence-electron chi connectivity index (χ2n) is 12.8. The lowest BCUT2D eigenvalue weighted by atomic mass is 9.95. The number of fused-ring (bicyclic) bond motifs is 3. The van der Waals surface area contributed by atoms with E-state index in [4.69, 9.17) is 36.3 Å². The summed E-state index contributed by atoms with van der Waals surface area (Å²) < 4.78 is 21.9. The molecule has 2 heterocycles. The molecule has 54 heavy (non-hydrogen) atoms. The zero-order valence-corrected chi connectivity index (χ0v) is 30.1. The highest BCUT2D eigenvalue weighted by molar-refractivity contribution is 6.19. The number of carbonyl (C=O) groups is 3. The molecular weight excluding hydrogens is 720 g/mol. The first-order valence-corrected chi connectivity index (χ1v) is 17.8. The van der Waals surface area contributed by atoms with Crippen molar-refractivity contribution in [3.8, 4) is 11.5 Å². The minimum Gasteiger partial charge on any atom is -0.497 e. The Hall–Kier alpha value is -5.22. The summed E-state index contributed by atoms with van der Waals surface area (Å²) in [4.78, 5) is 41.0. The first-order chi connectivity index (χ1) is 26.1. The number of nitrogens with two attached hydrogens (primary N) is 1. The van der Waals surface area contributed by atoms with Crippen molar-refractivity contribution in [2.24, 2.45) is 5.73 Å². The number of nitrogens with zero attached hydrogens (tertiary/aromatic N) is 1. The molecule has 4 aromatic rings. The van der Waals surface area contributed by atoms with Crippen LogP contribution in [0.15, 0.2) is 78.9 Å². The molecule has 3 amide bonds. The maximum atomic E-state index is 13.6. The van der Waals surface area contributed by atoms with E-state index in [0.29, 0.717) is 29.2 Å². The third-order valence-electron chi connectivity index (χ3n) is 9.15. The second kappa shape index (κ2) is 17.3. The van der Waals surface area contributed by atoms with Gasteiger partial charge in [0.25, 0.3) is 5.91 Å². The standard InChI is InChI=1S/C39H41ClN4O10/c1-51-25-10-6-22(7-11-25)9-13-34(47)44-19-24(18-40)35-27-5-3-2-4-26(27)28(17-30(35)44)43-39(50)53-20-23-8-12-32(29(16-23)42-33(46)14-15-41)54-38-37(49)36(48)31(45)21-52-38/h2-13,16-17,24,31,36-38,45,48-49H,14-15,18-21,41H2,1H3,(H,42,46)(H,43,50)/b13-9+/t24?,31-,36+,37-,38+/m1/s1. The molecule has 4 aromatic carbocycles. The quantitative estimate of drug-likeness (QED) is 0.0898. The summed E-state index contributed by atoms with van der Waals surface area (Å²) in [5.74, 6) is 0.292. The van der Waals surface area contributed by atoms with E-state index >= 15 is 0 Å². The van der Waals surface area contributed by atoms with Crippen LogP contribution in [0.3, 0.4) is 0 Å². The summed E-state index contributed by atoms with van der Waals surface area (Å²) in [6, 6.07) is 21.2. The molecule has 6 rings (SSSR count). The summed E-state index contributed by atoms with van der Waals surface area (Å²) in [5.41, 5.74) is 8.99. The first-order valence-electron chi connectivity index (χ1n) is 17.2. The highest BCUT2D eigenvalue weighted by Gasteiger charge is 2.39. The monoisotopic (exact) mass is 760 g/mol. The van der Waals surface area contributed by atoms with Crippen molar-refractivity contribution in [3.05, 3.63) is 95.6 Å². The number of carbonyl (C=O) groups excluding carboxylic acids is 3. The van der Waals surface area contributed by atoms with Crippen LogP contribution in [0.4, 0.5) is 21.9 Å². The molecule has 2 aliphatic rings. The SMILES string of the molecule is COc1ccc(/C=C/C(=O)N2CC(CCl)c3c2cc(NC(=O)OCc2ccc(O[C@@H]4OC[C@@H](O)[C@H](O)[C@H]4O)c(NC(=O)CCN)c2)c2ccccc32)cc1. The Morgan fingerprint density at radius 1 is 0.981 bits per heavy atom. The molecule has 15 heteroatoms. The summed E-state index contributed by atoms with van der Waals surface area (Å²) in [7, 11) is 1.59. The van der Waals surface area contributed by atoms with Gasteiger partial charge in [-0.2, -0.15) is 0 Å². The predicted octanol–water partition coefficient (Wildman–Crippen LogP) is 4.08. The fourth-order valence-electron chi connectivity index (χ4n) is 6.37. The van der Waals surface area contributed by atoms with Gasteiger partial charge in [0.15, 0.2) is 0 Å². The van der Waals surface area contributed by atoms with E-state index in [1.807, 2.05) is 48.5 Å². The highest BCUT2D eigenvalue weighted by Crippen LogP contribution is 2.45. The third kappa shape index (κ3) is 8.60. The zero-order chi connectivity index (χ0) is 38.4.